The van der Waals surface area contributed by atoms with Crippen molar-refractivity contribution in [2.45, 2.75) is 25.3 Å². The molecule has 0 unspecified atom stereocenters. The predicted molar refractivity (Wildman–Crippen MR) is 77.8 cm³/mol. The molecule has 1 aromatic rings. The van der Waals surface area contributed by atoms with Gasteiger partial charge in [0, 0.05) is 12.6 Å². The molecule has 7 heteroatoms. The van der Waals surface area contributed by atoms with Crippen molar-refractivity contribution in [3.8, 4) is 0 Å². The lowest BCUT2D eigenvalue weighted by Gasteiger charge is -2.36. The average molecular weight is 297 g/mol. The Balaban J connectivity index is 1.93. The van der Waals surface area contributed by atoms with E-state index in [4.69, 9.17) is 10.8 Å². The Morgan fingerprint density at radius 3 is 2.80 bits per heavy atom. The Kier molecular flexibility index (Phi) is 5.11. The van der Waals surface area contributed by atoms with Crippen molar-refractivity contribution in [2.24, 2.45) is 5.73 Å². The molecule has 0 bridgehead atoms. The summed E-state index contributed by atoms with van der Waals surface area (Å²) in [5, 5.41) is 14.0. The fraction of sp³-hybridized carbons (Fsp3) is 0.538. The second kappa shape index (κ2) is 6.83. The van der Waals surface area contributed by atoms with Crippen LogP contribution in [0.4, 0.5) is 5.00 Å². The molecule has 6 nitrogen and oxygen atoms in total. The topological polar surface area (TPSA) is 95.7 Å². The van der Waals surface area contributed by atoms with Crippen LogP contribution in [-0.4, -0.2) is 47.6 Å². The molecule has 20 heavy (non-hydrogen) atoms. The van der Waals surface area contributed by atoms with Gasteiger partial charge in [-0.15, -0.1) is 11.3 Å². The van der Waals surface area contributed by atoms with Crippen molar-refractivity contribution in [3.63, 3.8) is 0 Å². The zero-order valence-electron chi connectivity index (χ0n) is 11.2. The number of carbonyl (C=O) groups is 2. The quantitative estimate of drug-likeness (QED) is 0.688. The molecule has 1 aliphatic carbocycles. The maximum Gasteiger partial charge on any atom is 0.251 e. The first kappa shape index (κ1) is 15.0. The molecule has 1 saturated carbocycles. The van der Waals surface area contributed by atoms with Gasteiger partial charge in [0.2, 0.25) is 5.91 Å². The minimum absolute atomic E-state index is 0.0370. The maximum absolute atomic E-state index is 12.0. The van der Waals surface area contributed by atoms with Crippen LogP contribution in [0, 0.1) is 0 Å². The van der Waals surface area contributed by atoms with E-state index in [1.807, 2.05) is 4.90 Å². The lowest BCUT2D eigenvalue weighted by molar-refractivity contribution is -0.118. The number of aliphatic hydroxyl groups is 1. The monoisotopic (exact) mass is 297 g/mol. The van der Waals surface area contributed by atoms with E-state index in [0.29, 0.717) is 23.2 Å². The molecule has 0 saturated heterocycles. The van der Waals surface area contributed by atoms with Crippen LogP contribution in [0.5, 0.6) is 0 Å². The summed E-state index contributed by atoms with van der Waals surface area (Å²) in [4.78, 5) is 25.2. The standard InChI is InChI=1S/C13H19N3O3S/c14-12(19)10-4-7-20-13(10)15-11(18)8-16(5-6-17)9-2-1-3-9/h4,7,9,17H,1-3,5-6,8H2,(H2,14,19)(H,15,18). The first-order chi connectivity index (χ1) is 9.61. The lowest BCUT2D eigenvalue weighted by atomic mass is 9.91. The number of nitrogens with two attached hydrogens (primary N) is 1. The number of aliphatic hydroxyl groups excluding tert-OH is 1. The van der Waals surface area contributed by atoms with Crippen molar-refractivity contribution in [2.75, 3.05) is 25.0 Å². The summed E-state index contributed by atoms with van der Waals surface area (Å²) in [5.74, 6) is -0.733. The van der Waals surface area contributed by atoms with Gasteiger partial charge in [-0.3, -0.25) is 14.5 Å². The zero-order valence-corrected chi connectivity index (χ0v) is 12.0. The van der Waals surface area contributed by atoms with E-state index >= 15 is 0 Å². The highest BCUT2D eigenvalue weighted by molar-refractivity contribution is 7.14. The Bertz CT molecular complexity index is 485. The summed E-state index contributed by atoms with van der Waals surface area (Å²) in [7, 11) is 0. The summed E-state index contributed by atoms with van der Waals surface area (Å²) < 4.78 is 0. The number of hydrogen-bond donors (Lipinski definition) is 3. The summed E-state index contributed by atoms with van der Waals surface area (Å²) in [6.45, 7) is 0.752. The van der Waals surface area contributed by atoms with E-state index < -0.39 is 5.91 Å². The van der Waals surface area contributed by atoms with Gasteiger partial charge in [-0.2, -0.15) is 0 Å². The Hall–Kier alpha value is -1.44. The first-order valence-electron chi connectivity index (χ1n) is 6.64. The fourth-order valence-electron chi connectivity index (χ4n) is 2.22. The number of thiophene rings is 1. The lowest BCUT2D eigenvalue weighted by Crippen LogP contribution is -2.45. The summed E-state index contributed by atoms with van der Waals surface area (Å²) in [6.07, 6.45) is 3.31. The molecular weight excluding hydrogens is 278 g/mol. The van der Waals surface area contributed by atoms with Crippen molar-refractivity contribution < 1.29 is 14.7 Å². The van der Waals surface area contributed by atoms with Gasteiger partial charge < -0.3 is 16.2 Å². The van der Waals surface area contributed by atoms with Crippen molar-refractivity contribution in [1.82, 2.24) is 4.90 Å². The van der Waals surface area contributed by atoms with Gasteiger partial charge in [0.05, 0.1) is 18.7 Å². The highest BCUT2D eigenvalue weighted by atomic mass is 32.1. The molecule has 0 aliphatic heterocycles. The molecule has 1 heterocycles. The molecule has 1 fully saturated rings. The van der Waals surface area contributed by atoms with Gasteiger partial charge in [-0.1, -0.05) is 6.42 Å². The Morgan fingerprint density at radius 1 is 1.50 bits per heavy atom. The van der Waals surface area contributed by atoms with Crippen LogP contribution < -0.4 is 11.1 Å². The number of amides is 2. The van der Waals surface area contributed by atoms with Crippen LogP contribution in [0.3, 0.4) is 0 Å². The molecule has 1 aromatic heterocycles. The third kappa shape index (κ3) is 3.56. The Labute approximate surface area is 121 Å². The molecule has 2 amide bonds. The van der Waals surface area contributed by atoms with E-state index in [1.165, 1.54) is 17.8 Å². The van der Waals surface area contributed by atoms with Crippen LogP contribution in [0.1, 0.15) is 29.6 Å². The second-order valence-corrected chi connectivity index (χ2v) is 5.77. The predicted octanol–water partition coefficient (Wildman–Crippen LogP) is 0.632. The molecule has 2 rings (SSSR count). The average Bonchev–Trinajstić information content (AvgIpc) is 2.74. The van der Waals surface area contributed by atoms with E-state index in [-0.39, 0.29) is 19.1 Å². The molecule has 0 spiro atoms. The van der Waals surface area contributed by atoms with E-state index in [0.717, 1.165) is 12.8 Å². The Morgan fingerprint density at radius 2 is 2.25 bits per heavy atom. The normalized spacial score (nSPS) is 15.1. The van der Waals surface area contributed by atoms with Gasteiger partial charge in [0.15, 0.2) is 0 Å². The number of anilines is 1. The van der Waals surface area contributed by atoms with Crippen LogP contribution >= 0.6 is 11.3 Å². The molecule has 4 N–H and O–H groups in total. The number of nitrogens with zero attached hydrogens (tertiary/aromatic N) is 1. The van der Waals surface area contributed by atoms with Crippen molar-refractivity contribution in [1.29, 1.82) is 0 Å². The fourth-order valence-corrected chi connectivity index (χ4v) is 3.03. The second-order valence-electron chi connectivity index (χ2n) is 4.85. The minimum Gasteiger partial charge on any atom is -0.395 e. The molecule has 110 valence electrons. The van der Waals surface area contributed by atoms with E-state index in [2.05, 4.69) is 5.32 Å². The molecule has 1 aliphatic rings. The van der Waals surface area contributed by atoms with Crippen LogP contribution in [0.25, 0.3) is 0 Å². The van der Waals surface area contributed by atoms with Gasteiger partial charge in [-0.05, 0) is 24.3 Å². The summed E-state index contributed by atoms with van der Waals surface area (Å²) in [6, 6.07) is 1.98. The largest absolute Gasteiger partial charge is 0.395 e. The van der Waals surface area contributed by atoms with Gasteiger partial charge in [-0.25, -0.2) is 0 Å². The number of rotatable bonds is 7. The summed E-state index contributed by atoms with van der Waals surface area (Å²) in [5.41, 5.74) is 5.57. The highest BCUT2D eigenvalue weighted by Crippen LogP contribution is 2.25. The van der Waals surface area contributed by atoms with E-state index in [1.54, 1.807) is 11.4 Å². The van der Waals surface area contributed by atoms with Crippen LogP contribution in [0.2, 0.25) is 0 Å². The van der Waals surface area contributed by atoms with E-state index in [9.17, 15) is 9.59 Å². The SMILES string of the molecule is NC(=O)c1ccsc1NC(=O)CN(CCO)C1CCC1. The molecule has 0 atom stereocenters. The highest BCUT2D eigenvalue weighted by Gasteiger charge is 2.26. The molecule has 0 aromatic carbocycles. The first-order valence-corrected chi connectivity index (χ1v) is 7.52. The van der Waals surface area contributed by atoms with Gasteiger partial charge in [0.25, 0.3) is 5.91 Å². The smallest absolute Gasteiger partial charge is 0.251 e. The van der Waals surface area contributed by atoms with Crippen LogP contribution in [-0.2, 0) is 4.79 Å². The third-order valence-electron chi connectivity index (χ3n) is 3.51. The van der Waals surface area contributed by atoms with Gasteiger partial charge >= 0.3 is 0 Å². The minimum atomic E-state index is -0.548. The maximum atomic E-state index is 12.0. The molecule has 0 radical (unpaired) electrons. The number of nitrogens with one attached hydrogen (secondary N) is 1. The number of hydrogen-bond acceptors (Lipinski definition) is 5. The third-order valence-corrected chi connectivity index (χ3v) is 4.34. The molecular formula is C13H19N3O3S. The van der Waals surface area contributed by atoms with Gasteiger partial charge in [0.1, 0.15) is 5.00 Å². The number of carbonyl (C=O) groups excluding carboxylic acids is 2. The van der Waals surface area contributed by atoms with Crippen molar-refractivity contribution >= 4 is 28.2 Å². The van der Waals surface area contributed by atoms with Crippen LogP contribution in [0.15, 0.2) is 11.4 Å². The number of primary amides is 1. The van der Waals surface area contributed by atoms with Crippen molar-refractivity contribution in [3.05, 3.63) is 17.0 Å². The zero-order chi connectivity index (χ0) is 14.5. The summed E-state index contributed by atoms with van der Waals surface area (Å²) >= 11 is 1.27.